The molecule has 0 saturated carbocycles. The van der Waals surface area contributed by atoms with Gasteiger partial charge in [0.2, 0.25) is 0 Å². The first-order chi connectivity index (χ1) is 13.3. The van der Waals surface area contributed by atoms with Crippen LogP contribution in [-0.4, -0.2) is 19.4 Å². The highest BCUT2D eigenvalue weighted by molar-refractivity contribution is 7.53. The van der Waals surface area contributed by atoms with E-state index in [4.69, 9.17) is 9.05 Å². The second kappa shape index (κ2) is 10.4. The normalized spacial score (nSPS) is 13.5. The molecule has 0 aliphatic rings. The molecule has 154 valence electrons. The van der Waals surface area contributed by atoms with Gasteiger partial charge in [-0.3, -0.25) is 4.57 Å². The second-order valence-corrected chi connectivity index (χ2v) is 10.0. The van der Waals surface area contributed by atoms with Gasteiger partial charge in [-0.05, 0) is 36.0 Å². The quantitative estimate of drug-likeness (QED) is 0.488. The van der Waals surface area contributed by atoms with Gasteiger partial charge in [-0.25, -0.2) is 0 Å². The summed E-state index contributed by atoms with van der Waals surface area (Å²) in [5.74, 6) is 0. The lowest BCUT2D eigenvalue weighted by Crippen LogP contribution is -2.25. The number of benzene rings is 2. The van der Waals surface area contributed by atoms with E-state index < -0.39 is 7.60 Å². The molecule has 2 rings (SSSR count). The molecule has 1 atom stereocenters. The molecule has 2 aromatic carbocycles. The van der Waals surface area contributed by atoms with E-state index in [1.165, 1.54) is 11.1 Å². The van der Waals surface area contributed by atoms with E-state index in [2.05, 4.69) is 50.4 Å². The molecule has 0 fully saturated rings. The molecule has 0 saturated heterocycles. The summed E-state index contributed by atoms with van der Waals surface area (Å²) in [6, 6.07) is 18.6. The third-order valence-electron chi connectivity index (χ3n) is 4.63. The van der Waals surface area contributed by atoms with E-state index in [-0.39, 0.29) is 11.5 Å². The minimum absolute atomic E-state index is 0.118. The number of rotatable bonds is 10. The standard InChI is InChI=1S/C23H34NO3P/c1-6-26-28(25,27-7-2)18-22(20-11-9-8-10-12-20)24-17-19-13-15-21(16-14-19)23(3,4)5/h8-16,22,24H,6-7,17-18H2,1-5H3. The van der Waals surface area contributed by atoms with Crippen molar-refractivity contribution < 1.29 is 13.6 Å². The van der Waals surface area contributed by atoms with E-state index in [0.717, 1.165) is 5.56 Å². The Balaban J connectivity index is 2.15. The molecule has 0 aliphatic heterocycles. The van der Waals surface area contributed by atoms with Crippen LogP contribution in [0.4, 0.5) is 0 Å². The number of hydrogen-bond acceptors (Lipinski definition) is 4. The minimum Gasteiger partial charge on any atom is -0.309 e. The molecule has 0 bridgehead atoms. The monoisotopic (exact) mass is 403 g/mol. The predicted octanol–water partition coefficient (Wildman–Crippen LogP) is 6.08. The van der Waals surface area contributed by atoms with Gasteiger partial charge in [-0.2, -0.15) is 0 Å². The fourth-order valence-electron chi connectivity index (χ4n) is 3.10. The van der Waals surface area contributed by atoms with Gasteiger partial charge in [0.05, 0.1) is 19.4 Å². The Labute approximate surface area is 170 Å². The summed E-state index contributed by atoms with van der Waals surface area (Å²) < 4.78 is 24.1. The molecular weight excluding hydrogens is 369 g/mol. The molecule has 4 nitrogen and oxygen atoms in total. The van der Waals surface area contributed by atoms with Crippen molar-refractivity contribution in [1.29, 1.82) is 0 Å². The molecular formula is C23H34NO3P. The van der Waals surface area contributed by atoms with Crippen LogP contribution in [0.3, 0.4) is 0 Å². The van der Waals surface area contributed by atoms with Crippen LogP contribution in [0.15, 0.2) is 54.6 Å². The van der Waals surface area contributed by atoms with E-state index in [9.17, 15) is 4.57 Å². The Hall–Kier alpha value is -1.45. The van der Waals surface area contributed by atoms with E-state index in [1.54, 1.807) is 0 Å². The third-order valence-corrected chi connectivity index (χ3v) is 6.75. The first kappa shape index (κ1) is 22.8. The largest absolute Gasteiger partial charge is 0.332 e. The van der Waals surface area contributed by atoms with Crippen molar-refractivity contribution in [2.45, 2.75) is 52.6 Å². The lowest BCUT2D eigenvalue weighted by Gasteiger charge is -2.25. The van der Waals surface area contributed by atoms with Crippen molar-refractivity contribution in [2.24, 2.45) is 0 Å². The summed E-state index contributed by atoms with van der Waals surface area (Å²) in [4.78, 5) is 0. The Morgan fingerprint density at radius 3 is 2.00 bits per heavy atom. The maximum absolute atomic E-state index is 13.1. The predicted molar refractivity (Wildman–Crippen MR) is 117 cm³/mol. The number of hydrogen-bond donors (Lipinski definition) is 1. The van der Waals surface area contributed by atoms with Gasteiger partial charge < -0.3 is 14.4 Å². The van der Waals surface area contributed by atoms with Crippen LogP contribution in [0, 0.1) is 0 Å². The molecule has 0 heterocycles. The zero-order chi connectivity index (χ0) is 20.6. The third kappa shape index (κ3) is 6.86. The maximum Gasteiger partial charge on any atom is 0.332 e. The topological polar surface area (TPSA) is 47.6 Å². The van der Waals surface area contributed by atoms with E-state index >= 15 is 0 Å². The van der Waals surface area contributed by atoms with Crippen molar-refractivity contribution in [2.75, 3.05) is 19.4 Å². The Bertz CT molecular complexity index is 744. The summed E-state index contributed by atoms with van der Waals surface area (Å²) >= 11 is 0. The van der Waals surface area contributed by atoms with Gasteiger partial charge in [0.15, 0.2) is 0 Å². The van der Waals surface area contributed by atoms with Crippen LogP contribution < -0.4 is 5.32 Å². The highest BCUT2D eigenvalue weighted by Crippen LogP contribution is 2.50. The summed E-state index contributed by atoms with van der Waals surface area (Å²) in [5.41, 5.74) is 3.72. The van der Waals surface area contributed by atoms with Gasteiger partial charge in [-0.1, -0.05) is 75.4 Å². The zero-order valence-electron chi connectivity index (χ0n) is 17.8. The average molecular weight is 404 g/mol. The lowest BCUT2D eigenvalue weighted by molar-refractivity contribution is 0.217. The minimum atomic E-state index is -3.15. The molecule has 0 radical (unpaired) electrons. The summed E-state index contributed by atoms with van der Waals surface area (Å²) in [5, 5.41) is 3.55. The molecule has 2 aromatic rings. The van der Waals surface area contributed by atoms with Crippen molar-refractivity contribution in [3.63, 3.8) is 0 Å². The molecule has 5 heteroatoms. The van der Waals surface area contributed by atoms with E-state index in [0.29, 0.717) is 25.9 Å². The Kier molecular flexibility index (Phi) is 8.45. The van der Waals surface area contributed by atoms with Gasteiger partial charge in [-0.15, -0.1) is 0 Å². The van der Waals surface area contributed by atoms with Gasteiger partial charge in [0, 0.05) is 12.6 Å². The van der Waals surface area contributed by atoms with Crippen LogP contribution in [0.1, 0.15) is 57.4 Å². The van der Waals surface area contributed by atoms with Crippen molar-refractivity contribution in [3.05, 3.63) is 71.3 Å². The molecule has 0 amide bonds. The van der Waals surface area contributed by atoms with Crippen molar-refractivity contribution >= 4 is 7.60 Å². The van der Waals surface area contributed by atoms with Crippen LogP contribution in [0.25, 0.3) is 0 Å². The van der Waals surface area contributed by atoms with Crippen molar-refractivity contribution in [3.8, 4) is 0 Å². The summed E-state index contributed by atoms with van der Waals surface area (Å²) in [6.07, 6.45) is 0.304. The highest BCUT2D eigenvalue weighted by atomic mass is 31.2. The van der Waals surface area contributed by atoms with Gasteiger partial charge in [0.25, 0.3) is 0 Å². The Morgan fingerprint density at radius 2 is 1.50 bits per heavy atom. The van der Waals surface area contributed by atoms with E-state index in [1.807, 2.05) is 44.2 Å². The molecule has 0 aliphatic carbocycles. The van der Waals surface area contributed by atoms with Crippen LogP contribution >= 0.6 is 7.60 Å². The maximum atomic E-state index is 13.1. The van der Waals surface area contributed by atoms with Crippen LogP contribution in [-0.2, 0) is 25.6 Å². The summed E-state index contributed by atoms with van der Waals surface area (Å²) in [6.45, 7) is 11.7. The lowest BCUT2D eigenvalue weighted by atomic mass is 9.87. The molecule has 0 aromatic heterocycles. The fourth-order valence-corrected chi connectivity index (χ4v) is 4.96. The van der Waals surface area contributed by atoms with Crippen LogP contribution in [0.5, 0.6) is 0 Å². The van der Waals surface area contributed by atoms with Gasteiger partial charge in [0.1, 0.15) is 0 Å². The molecule has 1 N–H and O–H groups in total. The first-order valence-corrected chi connectivity index (χ1v) is 11.8. The zero-order valence-corrected chi connectivity index (χ0v) is 18.7. The number of nitrogens with one attached hydrogen (secondary N) is 1. The molecule has 1 unspecified atom stereocenters. The smallest absolute Gasteiger partial charge is 0.309 e. The second-order valence-electron chi connectivity index (χ2n) is 7.92. The van der Waals surface area contributed by atoms with Gasteiger partial charge >= 0.3 is 7.60 Å². The van der Waals surface area contributed by atoms with Crippen LogP contribution in [0.2, 0.25) is 0 Å². The Morgan fingerprint density at radius 1 is 0.929 bits per heavy atom. The molecule has 0 spiro atoms. The SMILES string of the molecule is CCOP(=O)(CC(NCc1ccc(C(C)(C)C)cc1)c1ccccc1)OCC. The van der Waals surface area contributed by atoms with Crippen molar-refractivity contribution in [1.82, 2.24) is 5.32 Å². The average Bonchev–Trinajstić information content (AvgIpc) is 2.66. The summed E-state index contributed by atoms with van der Waals surface area (Å²) in [7, 11) is -3.15. The highest BCUT2D eigenvalue weighted by Gasteiger charge is 2.29. The first-order valence-electron chi connectivity index (χ1n) is 10.0. The fraction of sp³-hybridized carbons (Fsp3) is 0.478. The molecule has 28 heavy (non-hydrogen) atoms.